The molecule has 0 bridgehead atoms. The van der Waals surface area contributed by atoms with E-state index in [1.807, 2.05) is 37.3 Å². The van der Waals surface area contributed by atoms with E-state index < -0.39 is 51.6 Å². The minimum absolute atomic E-state index is 0.0250. The van der Waals surface area contributed by atoms with Gasteiger partial charge in [0, 0.05) is 23.5 Å². The summed E-state index contributed by atoms with van der Waals surface area (Å²) in [7, 11) is 0. The summed E-state index contributed by atoms with van der Waals surface area (Å²) >= 11 is 0. The molecule has 1 N–H and O–H groups in total. The van der Waals surface area contributed by atoms with E-state index in [9.17, 15) is 24.8 Å². The van der Waals surface area contributed by atoms with E-state index in [1.165, 1.54) is 12.1 Å². The van der Waals surface area contributed by atoms with Crippen molar-refractivity contribution in [2.75, 3.05) is 0 Å². The number of carbonyl (C=O) groups excluding carboxylic acids is 2. The van der Waals surface area contributed by atoms with Crippen LogP contribution in [0.2, 0.25) is 0 Å². The third kappa shape index (κ3) is 3.09. The fraction of sp³-hybridized carbons (Fsp3) is 0.448. The van der Waals surface area contributed by atoms with Crippen LogP contribution in [0.3, 0.4) is 0 Å². The normalized spacial score (nSPS) is 40.4. The molecule has 6 rings (SSSR count). The molecule has 3 unspecified atom stereocenters. The van der Waals surface area contributed by atoms with Gasteiger partial charge in [0.1, 0.15) is 11.7 Å². The molecular formula is C29H29NO7. The summed E-state index contributed by atoms with van der Waals surface area (Å²) in [4.78, 5) is 38.5. The average Bonchev–Trinajstić information content (AvgIpc) is 3.49. The van der Waals surface area contributed by atoms with E-state index in [0.717, 1.165) is 5.56 Å². The van der Waals surface area contributed by atoms with E-state index >= 15 is 0 Å². The third-order valence-electron chi connectivity index (χ3n) is 9.49. The molecule has 37 heavy (non-hydrogen) atoms. The highest BCUT2D eigenvalue weighted by atomic mass is 16.6. The molecule has 8 heteroatoms. The number of hydrogen-bond donors (Lipinski definition) is 1. The average molecular weight is 504 g/mol. The van der Waals surface area contributed by atoms with Gasteiger partial charge < -0.3 is 14.6 Å². The Morgan fingerprint density at radius 1 is 1.05 bits per heavy atom. The number of nitro benzene ring substituents is 1. The molecule has 3 fully saturated rings. The number of nitro groups is 1. The van der Waals surface area contributed by atoms with E-state index in [-0.39, 0.29) is 23.8 Å². The number of benzene rings is 2. The van der Waals surface area contributed by atoms with Crippen LogP contribution in [0, 0.1) is 27.4 Å². The molecule has 2 aliphatic heterocycles. The Morgan fingerprint density at radius 2 is 1.76 bits per heavy atom. The summed E-state index contributed by atoms with van der Waals surface area (Å²) < 4.78 is 12.7. The first-order chi connectivity index (χ1) is 17.6. The molecule has 1 spiro atoms. The molecule has 2 heterocycles. The lowest BCUT2D eigenvalue weighted by Gasteiger charge is -2.43. The molecule has 2 aromatic carbocycles. The number of para-hydroxylation sites is 1. The first kappa shape index (κ1) is 24.0. The van der Waals surface area contributed by atoms with Gasteiger partial charge in [0.05, 0.1) is 16.4 Å². The Kier molecular flexibility index (Phi) is 5.23. The zero-order valence-electron chi connectivity index (χ0n) is 20.7. The van der Waals surface area contributed by atoms with Crippen molar-refractivity contribution in [1.29, 1.82) is 0 Å². The number of allylic oxidation sites excluding steroid dienone is 1. The van der Waals surface area contributed by atoms with Gasteiger partial charge in [-0.3, -0.25) is 14.9 Å². The molecule has 0 radical (unpaired) electrons. The molecule has 0 aromatic heterocycles. The summed E-state index contributed by atoms with van der Waals surface area (Å²) in [5.74, 6) is -2.05. The molecule has 2 saturated heterocycles. The van der Waals surface area contributed by atoms with Crippen LogP contribution in [0.1, 0.15) is 56.3 Å². The van der Waals surface area contributed by atoms with E-state index in [1.54, 1.807) is 31.2 Å². The summed E-state index contributed by atoms with van der Waals surface area (Å²) in [5, 5.41) is 23.6. The predicted molar refractivity (Wildman–Crippen MR) is 132 cm³/mol. The first-order valence-electron chi connectivity index (χ1n) is 12.8. The van der Waals surface area contributed by atoms with E-state index in [2.05, 4.69) is 0 Å². The van der Waals surface area contributed by atoms with Crippen molar-refractivity contribution < 1.29 is 29.1 Å². The minimum atomic E-state index is -1.44. The SMILES string of the molecule is C[C@H]1CC[C@@H]2[C@@H](OC(=O)C23CC(c2ccccc2[N+](=O)[O-])C(c2ccccc2)O3)[C@]2(C)C(=O)C=C[C@@]12O. The monoisotopic (exact) mass is 503 g/mol. The van der Waals surface area contributed by atoms with Gasteiger partial charge in [0.15, 0.2) is 11.4 Å². The van der Waals surface area contributed by atoms with Crippen molar-refractivity contribution in [1.82, 2.24) is 0 Å². The lowest BCUT2D eigenvalue weighted by Crippen LogP contribution is -2.57. The summed E-state index contributed by atoms with van der Waals surface area (Å²) in [6, 6.07) is 16.0. The number of esters is 1. The number of rotatable bonds is 3. The molecule has 2 aromatic rings. The molecule has 8 nitrogen and oxygen atoms in total. The molecule has 2 aliphatic carbocycles. The fourth-order valence-corrected chi connectivity index (χ4v) is 7.38. The number of fused-ring (bicyclic) bond motifs is 4. The predicted octanol–water partition coefficient (Wildman–Crippen LogP) is 4.43. The maximum atomic E-state index is 13.8. The zero-order chi connectivity index (χ0) is 26.2. The van der Waals surface area contributed by atoms with Crippen molar-refractivity contribution >= 4 is 17.4 Å². The highest BCUT2D eigenvalue weighted by molar-refractivity contribution is 6.00. The number of nitrogens with zero attached hydrogens (tertiary/aromatic N) is 1. The van der Waals surface area contributed by atoms with Gasteiger partial charge in [0.25, 0.3) is 5.69 Å². The van der Waals surface area contributed by atoms with Crippen LogP contribution in [0.15, 0.2) is 66.7 Å². The van der Waals surface area contributed by atoms with E-state index in [0.29, 0.717) is 18.4 Å². The van der Waals surface area contributed by atoms with Gasteiger partial charge in [-0.2, -0.15) is 0 Å². The highest BCUT2D eigenvalue weighted by Crippen LogP contribution is 2.63. The van der Waals surface area contributed by atoms with Gasteiger partial charge >= 0.3 is 5.97 Å². The Bertz CT molecular complexity index is 1320. The van der Waals surface area contributed by atoms with Crippen LogP contribution in [0.25, 0.3) is 0 Å². The fourth-order valence-electron chi connectivity index (χ4n) is 7.38. The Balaban J connectivity index is 1.49. The van der Waals surface area contributed by atoms with Crippen LogP contribution < -0.4 is 0 Å². The second-order valence-electron chi connectivity index (χ2n) is 11.1. The molecular weight excluding hydrogens is 474 g/mol. The van der Waals surface area contributed by atoms with Gasteiger partial charge in [0.2, 0.25) is 0 Å². The van der Waals surface area contributed by atoms with E-state index in [4.69, 9.17) is 9.47 Å². The minimum Gasteiger partial charge on any atom is -0.459 e. The largest absolute Gasteiger partial charge is 0.459 e. The second-order valence-corrected chi connectivity index (χ2v) is 11.1. The maximum absolute atomic E-state index is 13.8. The summed E-state index contributed by atoms with van der Waals surface area (Å²) in [6.45, 7) is 3.60. The number of carbonyl (C=O) groups is 2. The van der Waals surface area contributed by atoms with Crippen LogP contribution in [0.5, 0.6) is 0 Å². The van der Waals surface area contributed by atoms with Gasteiger partial charge in [-0.1, -0.05) is 55.5 Å². The molecule has 8 atom stereocenters. The number of aliphatic hydroxyl groups is 1. The maximum Gasteiger partial charge on any atom is 0.339 e. The summed E-state index contributed by atoms with van der Waals surface area (Å²) in [6.07, 6.45) is 2.72. The van der Waals surface area contributed by atoms with Crippen molar-refractivity contribution in [2.45, 2.75) is 62.4 Å². The zero-order valence-corrected chi connectivity index (χ0v) is 20.7. The Morgan fingerprint density at radius 3 is 2.49 bits per heavy atom. The Hall–Kier alpha value is -3.36. The number of ketones is 1. The van der Waals surface area contributed by atoms with Crippen molar-refractivity contribution in [3.63, 3.8) is 0 Å². The number of hydrogen-bond acceptors (Lipinski definition) is 7. The lowest BCUT2D eigenvalue weighted by molar-refractivity contribution is -0.385. The lowest BCUT2D eigenvalue weighted by atomic mass is 9.63. The van der Waals surface area contributed by atoms with Gasteiger partial charge in [-0.25, -0.2) is 4.79 Å². The highest BCUT2D eigenvalue weighted by Gasteiger charge is 2.74. The summed E-state index contributed by atoms with van der Waals surface area (Å²) in [5.41, 5.74) is -2.89. The van der Waals surface area contributed by atoms with Gasteiger partial charge in [-0.15, -0.1) is 0 Å². The quantitative estimate of drug-likeness (QED) is 0.374. The molecule has 1 saturated carbocycles. The van der Waals surface area contributed by atoms with Crippen molar-refractivity contribution in [2.24, 2.45) is 17.3 Å². The van der Waals surface area contributed by atoms with Crippen LogP contribution in [-0.2, 0) is 19.1 Å². The number of ether oxygens (including phenoxy) is 2. The molecule has 0 amide bonds. The van der Waals surface area contributed by atoms with Crippen molar-refractivity contribution in [3.05, 3.63) is 88.0 Å². The molecule has 192 valence electrons. The molecule has 4 aliphatic rings. The second kappa shape index (κ2) is 8.07. The van der Waals surface area contributed by atoms with Crippen LogP contribution in [-0.4, -0.2) is 39.1 Å². The van der Waals surface area contributed by atoms with Crippen LogP contribution in [0.4, 0.5) is 5.69 Å². The van der Waals surface area contributed by atoms with Crippen LogP contribution >= 0.6 is 0 Å². The Labute approximate surface area is 214 Å². The van der Waals surface area contributed by atoms with Crippen molar-refractivity contribution in [3.8, 4) is 0 Å². The smallest absolute Gasteiger partial charge is 0.339 e. The third-order valence-corrected chi connectivity index (χ3v) is 9.49. The topological polar surface area (TPSA) is 116 Å². The standard InChI is InChI=1S/C29H29NO7/c1-17-12-13-21-25(27(2)23(31)14-15-29(17,27)33)36-26(32)28(21)16-20(19-10-6-7-11-22(19)30(34)35)24(37-28)18-8-4-3-5-9-18/h3-11,14-15,17,20-21,24-25,33H,12-13,16H2,1-2H3/t17-,20?,21+,24?,25+,27-,28?,29+/m0/s1. The van der Waals surface area contributed by atoms with Gasteiger partial charge in [-0.05, 0) is 49.8 Å². The first-order valence-corrected chi connectivity index (χ1v) is 12.8.